The molecule has 0 aliphatic heterocycles. The Morgan fingerprint density at radius 3 is 2.23 bits per heavy atom. The summed E-state index contributed by atoms with van der Waals surface area (Å²) >= 11 is 0. The predicted octanol–water partition coefficient (Wildman–Crippen LogP) is 3.69. The van der Waals surface area contributed by atoms with E-state index in [9.17, 15) is 8.42 Å². The number of ether oxygens (including phenoxy) is 1. The van der Waals surface area contributed by atoms with Gasteiger partial charge in [0.2, 0.25) is 10.0 Å². The van der Waals surface area contributed by atoms with E-state index in [1.54, 1.807) is 48.9 Å². The SMILES string of the molecule is CCOc1ccc(S(=O)(=O)NCC(c2ccco2)c2ccco2)cc1C. The van der Waals surface area contributed by atoms with Crippen molar-refractivity contribution < 1.29 is 22.0 Å². The van der Waals surface area contributed by atoms with E-state index in [0.717, 1.165) is 5.56 Å². The Labute approximate surface area is 152 Å². The molecule has 138 valence electrons. The highest BCUT2D eigenvalue weighted by atomic mass is 32.2. The van der Waals surface area contributed by atoms with Crippen molar-refractivity contribution in [2.45, 2.75) is 24.7 Å². The van der Waals surface area contributed by atoms with Gasteiger partial charge < -0.3 is 13.6 Å². The van der Waals surface area contributed by atoms with Gasteiger partial charge in [-0.2, -0.15) is 0 Å². The summed E-state index contributed by atoms with van der Waals surface area (Å²) in [6.07, 6.45) is 3.10. The molecular formula is C19H21NO5S. The molecule has 3 rings (SSSR count). The van der Waals surface area contributed by atoms with Crippen LogP contribution in [0.15, 0.2) is 68.7 Å². The first kappa shape index (κ1) is 18.3. The molecule has 0 saturated carbocycles. The molecule has 0 bridgehead atoms. The first-order chi connectivity index (χ1) is 12.5. The molecule has 26 heavy (non-hydrogen) atoms. The zero-order valence-electron chi connectivity index (χ0n) is 14.6. The van der Waals surface area contributed by atoms with Crippen LogP contribution in [0.25, 0.3) is 0 Å². The van der Waals surface area contributed by atoms with Crippen LogP contribution in [-0.2, 0) is 10.0 Å². The smallest absolute Gasteiger partial charge is 0.240 e. The lowest BCUT2D eigenvalue weighted by atomic mass is 10.0. The van der Waals surface area contributed by atoms with Crippen LogP contribution in [0.5, 0.6) is 5.75 Å². The maximum absolute atomic E-state index is 12.7. The van der Waals surface area contributed by atoms with E-state index in [0.29, 0.717) is 23.9 Å². The van der Waals surface area contributed by atoms with E-state index in [1.165, 1.54) is 6.07 Å². The number of furan rings is 2. The number of hydrogen-bond donors (Lipinski definition) is 1. The summed E-state index contributed by atoms with van der Waals surface area (Å²) in [6, 6.07) is 11.9. The molecule has 2 heterocycles. The Morgan fingerprint density at radius 1 is 1.08 bits per heavy atom. The molecule has 0 unspecified atom stereocenters. The highest BCUT2D eigenvalue weighted by molar-refractivity contribution is 7.89. The molecule has 0 fully saturated rings. The average molecular weight is 375 g/mol. The second kappa shape index (κ2) is 7.80. The normalized spacial score (nSPS) is 11.8. The maximum Gasteiger partial charge on any atom is 0.240 e. The number of hydrogen-bond acceptors (Lipinski definition) is 5. The minimum Gasteiger partial charge on any atom is -0.494 e. The van der Waals surface area contributed by atoms with E-state index in [4.69, 9.17) is 13.6 Å². The lowest BCUT2D eigenvalue weighted by Gasteiger charge is -2.14. The van der Waals surface area contributed by atoms with Crippen LogP contribution in [0.1, 0.15) is 29.9 Å². The number of nitrogens with one attached hydrogen (secondary N) is 1. The number of aryl methyl sites for hydroxylation is 1. The van der Waals surface area contributed by atoms with E-state index < -0.39 is 10.0 Å². The van der Waals surface area contributed by atoms with Crippen LogP contribution in [0, 0.1) is 6.92 Å². The predicted molar refractivity (Wildman–Crippen MR) is 96.8 cm³/mol. The molecule has 1 aromatic carbocycles. The molecule has 0 spiro atoms. The van der Waals surface area contributed by atoms with Gasteiger partial charge in [-0.1, -0.05) is 0 Å². The van der Waals surface area contributed by atoms with Crippen molar-refractivity contribution >= 4 is 10.0 Å². The molecule has 0 saturated heterocycles. The lowest BCUT2D eigenvalue weighted by Crippen LogP contribution is -2.29. The van der Waals surface area contributed by atoms with Gasteiger partial charge in [-0.15, -0.1) is 0 Å². The third kappa shape index (κ3) is 4.00. The Morgan fingerprint density at radius 2 is 1.73 bits per heavy atom. The van der Waals surface area contributed by atoms with Crippen molar-refractivity contribution in [1.82, 2.24) is 4.72 Å². The molecule has 2 aromatic heterocycles. The minimum atomic E-state index is -3.68. The number of benzene rings is 1. The first-order valence-corrected chi connectivity index (χ1v) is 9.79. The fraction of sp³-hybridized carbons (Fsp3) is 0.263. The highest BCUT2D eigenvalue weighted by Crippen LogP contribution is 2.26. The molecule has 0 radical (unpaired) electrons. The summed E-state index contributed by atoms with van der Waals surface area (Å²) in [4.78, 5) is 0.191. The second-order valence-corrected chi connectivity index (χ2v) is 7.56. The Balaban J connectivity index is 1.79. The van der Waals surface area contributed by atoms with Gasteiger partial charge in [0.25, 0.3) is 0 Å². The van der Waals surface area contributed by atoms with Crippen molar-refractivity contribution in [3.8, 4) is 5.75 Å². The minimum absolute atomic E-state index is 0.121. The van der Waals surface area contributed by atoms with Crippen LogP contribution < -0.4 is 9.46 Å². The summed E-state index contributed by atoms with van der Waals surface area (Å²) in [5.74, 6) is 1.59. The Kier molecular flexibility index (Phi) is 5.49. The van der Waals surface area contributed by atoms with Crippen LogP contribution in [0.2, 0.25) is 0 Å². The van der Waals surface area contributed by atoms with Crippen molar-refractivity contribution in [2.24, 2.45) is 0 Å². The van der Waals surface area contributed by atoms with Crippen LogP contribution in [0.4, 0.5) is 0 Å². The Hall–Kier alpha value is -2.51. The quantitative estimate of drug-likeness (QED) is 0.649. The molecule has 7 heteroatoms. The summed E-state index contributed by atoms with van der Waals surface area (Å²) < 4.78 is 44.4. The first-order valence-electron chi connectivity index (χ1n) is 8.31. The van der Waals surface area contributed by atoms with Gasteiger partial charge in [0.05, 0.1) is 29.9 Å². The fourth-order valence-electron chi connectivity index (χ4n) is 2.70. The molecule has 0 atom stereocenters. The van der Waals surface area contributed by atoms with E-state index >= 15 is 0 Å². The second-order valence-electron chi connectivity index (χ2n) is 5.80. The number of sulfonamides is 1. The monoisotopic (exact) mass is 375 g/mol. The highest BCUT2D eigenvalue weighted by Gasteiger charge is 2.23. The third-order valence-corrected chi connectivity index (χ3v) is 5.43. The fourth-order valence-corrected chi connectivity index (χ4v) is 3.84. The van der Waals surface area contributed by atoms with Gasteiger partial charge in [-0.3, -0.25) is 0 Å². The Bertz CT molecular complexity index is 896. The van der Waals surface area contributed by atoms with Gasteiger partial charge in [-0.25, -0.2) is 13.1 Å². The van der Waals surface area contributed by atoms with Gasteiger partial charge in [0.15, 0.2) is 0 Å². The van der Waals surface area contributed by atoms with Crippen molar-refractivity contribution in [1.29, 1.82) is 0 Å². The van der Waals surface area contributed by atoms with Gasteiger partial charge in [0, 0.05) is 6.54 Å². The van der Waals surface area contributed by atoms with Crippen LogP contribution >= 0.6 is 0 Å². The van der Waals surface area contributed by atoms with Crippen LogP contribution in [-0.4, -0.2) is 21.6 Å². The summed E-state index contributed by atoms with van der Waals surface area (Å²) in [6.45, 7) is 4.35. The topological polar surface area (TPSA) is 81.7 Å². The summed E-state index contributed by atoms with van der Waals surface area (Å²) in [5.41, 5.74) is 0.767. The lowest BCUT2D eigenvalue weighted by molar-refractivity contribution is 0.337. The molecule has 0 amide bonds. The van der Waals surface area contributed by atoms with Crippen LogP contribution in [0.3, 0.4) is 0 Å². The standard InChI is InChI=1S/C19H21NO5S/c1-3-23-17-9-8-15(12-14(17)2)26(21,22)20-13-16(18-6-4-10-24-18)19-7-5-11-25-19/h4-12,16,20H,3,13H2,1-2H3. The van der Waals surface area contributed by atoms with Gasteiger partial charge in [0.1, 0.15) is 17.3 Å². The van der Waals surface area contributed by atoms with Gasteiger partial charge in [-0.05, 0) is 61.9 Å². The van der Waals surface area contributed by atoms with Crippen molar-refractivity contribution in [3.63, 3.8) is 0 Å². The summed E-state index contributed by atoms with van der Waals surface area (Å²) in [5, 5.41) is 0. The van der Waals surface area contributed by atoms with Gasteiger partial charge >= 0.3 is 0 Å². The summed E-state index contributed by atoms with van der Waals surface area (Å²) in [7, 11) is -3.68. The van der Waals surface area contributed by atoms with E-state index in [-0.39, 0.29) is 17.4 Å². The largest absolute Gasteiger partial charge is 0.494 e. The third-order valence-electron chi connectivity index (χ3n) is 4.01. The zero-order valence-corrected chi connectivity index (χ0v) is 15.5. The average Bonchev–Trinajstić information content (AvgIpc) is 3.31. The molecule has 6 nitrogen and oxygen atoms in total. The maximum atomic E-state index is 12.7. The molecule has 3 aromatic rings. The molecule has 1 N–H and O–H groups in total. The van der Waals surface area contributed by atoms with E-state index in [1.807, 2.05) is 13.8 Å². The van der Waals surface area contributed by atoms with Crippen molar-refractivity contribution in [3.05, 3.63) is 72.1 Å². The molecular weight excluding hydrogens is 354 g/mol. The van der Waals surface area contributed by atoms with E-state index in [2.05, 4.69) is 4.72 Å². The molecule has 0 aliphatic rings. The zero-order chi connectivity index (χ0) is 18.6. The molecule has 0 aliphatic carbocycles. The van der Waals surface area contributed by atoms with Crippen molar-refractivity contribution in [2.75, 3.05) is 13.2 Å². The number of rotatable bonds is 8.